The average Bonchev–Trinajstić information content (AvgIpc) is 2.28. The Morgan fingerprint density at radius 3 is 2.81 bits per heavy atom. The number of amides is 1. The second-order valence-electron chi connectivity index (χ2n) is 3.60. The van der Waals surface area contributed by atoms with Gasteiger partial charge in [-0.15, -0.1) is 0 Å². The average molecular weight is 220 g/mol. The summed E-state index contributed by atoms with van der Waals surface area (Å²) in [6.45, 7) is 1.99. The zero-order valence-electron chi connectivity index (χ0n) is 9.33. The van der Waals surface area contributed by atoms with Crippen LogP contribution in [0.5, 0.6) is 0 Å². The fraction of sp³-hybridized carbons (Fsp3) is 0.333. The van der Waals surface area contributed by atoms with E-state index in [2.05, 4.69) is 0 Å². The number of aryl methyl sites for hydroxylation is 1. The van der Waals surface area contributed by atoms with Gasteiger partial charge in [0.2, 0.25) is 0 Å². The molecule has 4 heteroatoms. The molecule has 0 radical (unpaired) electrons. The highest BCUT2D eigenvalue weighted by Crippen LogP contribution is 2.11. The summed E-state index contributed by atoms with van der Waals surface area (Å²) in [4.78, 5) is 13.3. The standard InChI is InChI=1S/C12H13FN2O/c1-9-8-10(4-5-11(9)13)12(16)15(2)7-3-6-14/h4-5,8H,3,7H2,1-2H3. The second kappa shape index (κ2) is 5.26. The van der Waals surface area contributed by atoms with Crippen molar-refractivity contribution in [3.63, 3.8) is 0 Å². The molecule has 0 aromatic heterocycles. The molecule has 3 nitrogen and oxygen atoms in total. The molecule has 0 bridgehead atoms. The molecule has 0 unspecified atom stereocenters. The number of halogens is 1. The van der Waals surface area contributed by atoms with E-state index in [0.29, 0.717) is 24.1 Å². The molecule has 0 saturated carbocycles. The lowest BCUT2D eigenvalue weighted by Crippen LogP contribution is -2.27. The van der Waals surface area contributed by atoms with Crippen LogP contribution in [0.25, 0.3) is 0 Å². The van der Waals surface area contributed by atoms with Crippen molar-refractivity contribution in [2.45, 2.75) is 13.3 Å². The van der Waals surface area contributed by atoms with E-state index in [1.165, 1.54) is 23.1 Å². The van der Waals surface area contributed by atoms with Crippen LogP contribution in [-0.4, -0.2) is 24.4 Å². The summed E-state index contributed by atoms with van der Waals surface area (Å²) in [7, 11) is 1.62. The summed E-state index contributed by atoms with van der Waals surface area (Å²) < 4.78 is 13.0. The number of rotatable bonds is 3. The van der Waals surface area contributed by atoms with Gasteiger partial charge in [0.1, 0.15) is 5.82 Å². The lowest BCUT2D eigenvalue weighted by molar-refractivity contribution is 0.0798. The minimum atomic E-state index is -0.323. The first-order valence-corrected chi connectivity index (χ1v) is 4.95. The molecule has 1 aromatic carbocycles. The lowest BCUT2D eigenvalue weighted by atomic mass is 10.1. The summed E-state index contributed by atoms with van der Waals surface area (Å²) >= 11 is 0. The van der Waals surface area contributed by atoms with Gasteiger partial charge in [0.25, 0.3) is 5.91 Å². The van der Waals surface area contributed by atoms with Crippen molar-refractivity contribution >= 4 is 5.91 Å². The van der Waals surface area contributed by atoms with Crippen LogP contribution in [0.15, 0.2) is 18.2 Å². The number of carbonyl (C=O) groups is 1. The molecule has 1 aromatic rings. The van der Waals surface area contributed by atoms with Crippen molar-refractivity contribution < 1.29 is 9.18 Å². The van der Waals surface area contributed by atoms with E-state index in [-0.39, 0.29) is 11.7 Å². The van der Waals surface area contributed by atoms with Crippen LogP contribution in [0.1, 0.15) is 22.3 Å². The molecular weight excluding hydrogens is 207 g/mol. The van der Waals surface area contributed by atoms with Crippen LogP contribution in [0, 0.1) is 24.1 Å². The lowest BCUT2D eigenvalue weighted by Gasteiger charge is -2.15. The SMILES string of the molecule is Cc1cc(C(=O)N(C)CCC#N)ccc1F. The number of nitrogens with zero attached hydrogens (tertiary/aromatic N) is 2. The minimum Gasteiger partial charge on any atom is -0.341 e. The Labute approximate surface area is 94.1 Å². The molecule has 0 aliphatic rings. The first kappa shape index (κ1) is 12.2. The fourth-order valence-corrected chi connectivity index (χ4v) is 1.32. The molecule has 0 aliphatic heterocycles. The molecule has 0 saturated heterocycles. The third-order valence-corrected chi connectivity index (χ3v) is 2.31. The van der Waals surface area contributed by atoms with Gasteiger partial charge in [-0.05, 0) is 30.7 Å². The summed E-state index contributed by atoms with van der Waals surface area (Å²) in [5.41, 5.74) is 0.888. The van der Waals surface area contributed by atoms with Crippen LogP contribution >= 0.6 is 0 Å². The summed E-state index contributed by atoms with van der Waals surface area (Å²) in [5.74, 6) is -0.519. The maximum Gasteiger partial charge on any atom is 0.253 e. The minimum absolute atomic E-state index is 0.196. The third kappa shape index (κ3) is 2.80. The smallest absolute Gasteiger partial charge is 0.253 e. The highest BCUT2D eigenvalue weighted by atomic mass is 19.1. The largest absolute Gasteiger partial charge is 0.341 e. The Morgan fingerprint density at radius 2 is 2.25 bits per heavy atom. The van der Waals surface area contributed by atoms with E-state index in [4.69, 9.17) is 5.26 Å². The Hall–Kier alpha value is -1.89. The summed E-state index contributed by atoms with van der Waals surface area (Å²) in [6.07, 6.45) is 0.294. The van der Waals surface area contributed by atoms with Gasteiger partial charge in [-0.1, -0.05) is 0 Å². The highest BCUT2D eigenvalue weighted by Gasteiger charge is 2.12. The summed E-state index contributed by atoms with van der Waals surface area (Å²) in [6, 6.07) is 6.22. The van der Waals surface area contributed by atoms with E-state index in [9.17, 15) is 9.18 Å². The maximum absolute atomic E-state index is 13.0. The Kier molecular flexibility index (Phi) is 4.01. The van der Waals surface area contributed by atoms with Crippen molar-refractivity contribution in [1.82, 2.24) is 4.90 Å². The molecule has 0 atom stereocenters. The number of carbonyl (C=O) groups excluding carboxylic acids is 1. The van der Waals surface area contributed by atoms with Gasteiger partial charge in [-0.25, -0.2) is 4.39 Å². The van der Waals surface area contributed by atoms with Crippen molar-refractivity contribution in [1.29, 1.82) is 5.26 Å². The molecule has 0 spiro atoms. The third-order valence-electron chi connectivity index (χ3n) is 2.31. The van der Waals surface area contributed by atoms with Gasteiger partial charge in [0.15, 0.2) is 0 Å². The van der Waals surface area contributed by atoms with Gasteiger partial charge in [-0.2, -0.15) is 5.26 Å². The molecule has 84 valence electrons. The topological polar surface area (TPSA) is 44.1 Å². The highest BCUT2D eigenvalue weighted by molar-refractivity contribution is 5.94. The maximum atomic E-state index is 13.0. The van der Waals surface area contributed by atoms with Gasteiger partial charge in [-0.3, -0.25) is 4.79 Å². The molecular formula is C12H13FN2O. The van der Waals surface area contributed by atoms with Crippen LogP contribution in [0.3, 0.4) is 0 Å². The summed E-state index contributed by atoms with van der Waals surface area (Å²) in [5, 5.41) is 8.41. The second-order valence-corrected chi connectivity index (χ2v) is 3.60. The monoisotopic (exact) mass is 220 g/mol. The van der Waals surface area contributed by atoms with Crippen molar-refractivity contribution in [2.75, 3.05) is 13.6 Å². The molecule has 0 fully saturated rings. The van der Waals surface area contributed by atoms with Crippen LogP contribution in [0.2, 0.25) is 0 Å². The normalized spacial score (nSPS) is 9.62. The van der Waals surface area contributed by atoms with E-state index in [1.54, 1.807) is 14.0 Å². The van der Waals surface area contributed by atoms with Crippen LogP contribution in [0.4, 0.5) is 4.39 Å². The van der Waals surface area contributed by atoms with E-state index >= 15 is 0 Å². The Balaban J connectivity index is 2.80. The molecule has 0 heterocycles. The number of hydrogen-bond donors (Lipinski definition) is 0. The first-order valence-electron chi connectivity index (χ1n) is 4.95. The molecule has 0 N–H and O–H groups in total. The molecule has 1 amide bonds. The van der Waals surface area contributed by atoms with Gasteiger partial charge < -0.3 is 4.90 Å². The van der Waals surface area contributed by atoms with Gasteiger partial charge in [0, 0.05) is 19.2 Å². The van der Waals surface area contributed by atoms with Crippen molar-refractivity contribution in [3.8, 4) is 6.07 Å². The quantitative estimate of drug-likeness (QED) is 0.783. The van der Waals surface area contributed by atoms with Gasteiger partial charge in [0.05, 0.1) is 12.5 Å². The predicted octanol–water partition coefficient (Wildman–Crippen LogP) is 2.12. The Bertz CT molecular complexity index is 437. The number of benzene rings is 1. The Morgan fingerprint density at radius 1 is 1.56 bits per heavy atom. The van der Waals surface area contributed by atoms with Gasteiger partial charge >= 0.3 is 0 Å². The molecule has 1 rings (SSSR count). The predicted molar refractivity (Wildman–Crippen MR) is 58.3 cm³/mol. The zero-order chi connectivity index (χ0) is 12.1. The number of nitriles is 1. The molecule has 0 aliphatic carbocycles. The van der Waals surface area contributed by atoms with E-state index in [1.807, 2.05) is 6.07 Å². The number of hydrogen-bond acceptors (Lipinski definition) is 2. The molecule has 16 heavy (non-hydrogen) atoms. The zero-order valence-corrected chi connectivity index (χ0v) is 9.33. The van der Waals surface area contributed by atoms with E-state index < -0.39 is 0 Å². The van der Waals surface area contributed by atoms with Crippen molar-refractivity contribution in [3.05, 3.63) is 35.1 Å². The van der Waals surface area contributed by atoms with E-state index in [0.717, 1.165) is 0 Å². The first-order chi connectivity index (χ1) is 7.56. The van der Waals surface area contributed by atoms with Crippen LogP contribution in [-0.2, 0) is 0 Å². The van der Waals surface area contributed by atoms with Crippen LogP contribution < -0.4 is 0 Å². The van der Waals surface area contributed by atoms with Crippen molar-refractivity contribution in [2.24, 2.45) is 0 Å². The fourth-order valence-electron chi connectivity index (χ4n) is 1.32.